The minimum absolute atomic E-state index is 0.0302. The molecule has 5 nitrogen and oxygen atoms in total. The first-order valence-corrected chi connectivity index (χ1v) is 6.06. The highest BCUT2D eigenvalue weighted by Gasteiger charge is 2.30. The molecule has 1 saturated heterocycles. The zero-order valence-corrected chi connectivity index (χ0v) is 10.1. The lowest BCUT2D eigenvalue weighted by Gasteiger charge is -2.15. The molecule has 18 heavy (non-hydrogen) atoms. The monoisotopic (exact) mass is 248 g/mol. The molecular weight excluding hydrogens is 232 g/mol. The molecule has 1 aliphatic heterocycles. The van der Waals surface area contributed by atoms with Gasteiger partial charge in [-0.25, -0.2) is 0 Å². The van der Waals surface area contributed by atoms with E-state index >= 15 is 0 Å². The van der Waals surface area contributed by atoms with Gasteiger partial charge in [0.25, 0.3) is 0 Å². The van der Waals surface area contributed by atoms with Gasteiger partial charge in [0.1, 0.15) is 0 Å². The van der Waals surface area contributed by atoms with Crippen LogP contribution in [0.5, 0.6) is 0 Å². The zero-order chi connectivity index (χ0) is 13.0. The Labute approximate surface area is 105 Å². The first-order chi connectivity index (χ1) is 8.66. The van der Waals surface area contributed by atoms with Gasteiger partial charge in [-0.3, -0.25) is 14.6 Å². The third-order valence-corrected chi connectivity index (χ3v) is 3.24. The molecule has 1 atom stereocenters. The van der Waals surface area contributed by atoms with Crippen molar-refractivity contribution in [3.63, 3.8) is 0 Å². The molecule has 1 aromatic heterocycles. The normalized spacial score (nSPS) is 18.9. The molecule has 1 aromatic rings. The Morgan fingerprint density at radius 3 is 2.94 bits per heavy atom. The molecule has 96 valence electrons. The van der Waals surface area contributed by atoms with E-state index < -0.39 is 11.9 Å². The number of carbonyl (C=O) groups excluding carboxylic acids is 1. The van der Waals surface area contributed by atoms with Crippen LogP contribution in [-0.2, 0) is 16.0 Å². The summed E-state index contributed by atoms with van der Waals surface area (Å²) in [6, 6.07) is 3.78. The summed E-state index contributed by atoms with van der Waals surface area (Å²) in [5.74, 6) is -1.17. The summed E-state index contributed by atoms with van der Waals surface area (Å²) in [6.07, 6.45) is 5.08. The van der Waals surface area contributed by atoms with Crippen LogP contribution >= 0.6 is 0 Å². The lowest BCUT2D eigenvalue weighted by molar-refractivity contribution is -0.141. The number of carboxylic acids is 1. The van der Waals surface area contributed by atoms with Gasteiger partial charge in [0.15, 0.2) is 0 Å². The van der Waals surface area contributed by atoms with Crippen molar-refractivity contribution < 1.29 is 14.7 Å². The molecule has 1 N–H and O–H groups in total. The Bertz CT molecular complexity index is 433. The van der Waals surface area contributed by atoms with Crippen molar-refractivity contribution in [1.29, 1.82) is 0 Å². The van der Waals surface area contributed by atoms with Crippen LogP contribution in [0.4, 0.5) is 0 Å². The lowest BCUT2D eigenvalue weighted by Crippen LogP contribution is -2.30. The standard InChI is InChI=1S/C13H16N2O3/c16-12(4-3-10-2-1-6-14-8-10)15-7-5-11(9-15)13(17)18/h1-2,6,8,11H,3-5,7,9H2,(H,17,18). The van der Waals surface area contributed by atoms with E-state index in [4.69, 9.17) is 5.11 Å². The first kappa shape index (κ1) is 12.5. The Kier molecular flexibility index (Phi) is 3.92. The fraction of sp³-hybridized carbons (Fsp3) is 0.462. The van der Waals surface area contributed by atoms with E-state index in [1.54, 1.807) is 17.3 Å². The summed E-state index contributed by atoms with van der Waals surface area (Å²) >= 11 is 0. The molecule has 0 saturated carbocycles. The maximum absolute atomic E-state index is 11.9. The van der Waals surface area contributed by atoms with Gasteiger partial charge in [0, 0.05) is 31.9 Å². The molecule has 1 fully saturated rings. The van der Waals surface area contributed by atoms with E-state index in [2.05, 4.69) is 4.98 Å². The second kappa shape index (κ2) is 5.62. The molecule has 2 heterocycles. The van der Waals surface area contributed by atoms with Crippen LogP contribution in [0.1, 0.15) is 18.4 Å². The predicted octanol–water partition coefficient (Wildman–Crippen LogP) is 0.947. The molecule has 1 unspecified atom stereocenters. The minimum atomic E-state index is -0.808. The number of hydrogen-bond acceptors (Lipinski definition) is 3. The number of pyridine rings is 1. The van der Waals surface area contributed by atoms with Crippen molar-refractivity contribution in [2.75, 3.05) is 13.1 Å². The van der Waals surface area contributed by atoms with Crippen LogP contribution in [0.25, 0.3) is 0 Å². The van der Waals surface area contributed by atoms with Crippen molar-refractivity contribution in [2.45, 2.75) is 19.3 Å². The Morgan fingerprint density at radius 1 is 1.50 bits per heavy atom. The number of rotatable bonds is 4. The zero-order valence-electron chi connectivity index (χ0n) is 10.1. The molecule has 2 rings (SSSR count). The molecule has 0 bridgehead atoms. The highest BCUT2D eigenvalue weighted by Crippen LogP contribution is 2.17. The van der Waals surface area contributed by atoms with E-state index in [0.29, 0.717) is 32.4 Å². The molecule has 0 aliphatic carbocycles. The molecule has 5 heteroatoms. The number of carboxylic acid groups (broad SMARTS) is 1. The van der Waals surface area contributed by atoms with Crippen LogP contribution in [0.3, 0.4) is 0 Å². The molecule has 1 amide bonds. The van der Waals surface area contributed by atoms with Gasteiger partial charge in [-0.05, 0) is 24.5 Å². The number of amides is 1. The molecule has 0 spiro atoms. The van der Waals surface area contributed by atoms with Gasteiger partial charge in [-0.1, -0.05) is 6.07 Å². The highest BCUT2D eigenvalue weighted by atomic mass is 16.4. The summed E-state index contributed by atoms with van der Waals surface area (Å²) in [6.45, 7) is 0.907. The third kappa shape index (κ3) is 3.06. The quantitative estimate of drug-likeness (QED) is 0.861. The van der Waals surface area contributed by atoms with E-state index in [1.165, 1.54) is 0 Å². The maximum Gasteiger partial charge on any atom is 0.308 e. The van der Waals surface area contributed by atoms with Crippen LogP contribution in [0, 0.1) is 5.92 Å². The van der Waals surface area contributed by atoms with Gasteiger partial charge in [-0.15, -0.1) is 0 Å². The van der Waals surface area contributed by atoms with Crippen molar-refractivity contribution >= 4 is 11.9 Å². The van der Waals surface area contributed by atoms with Gasteiger partial charge < -0.3 is 10.0 Å². The Hall–Kier alpha value is -1.91. The average Bonchev–Trinajstić information content (AvgIpc) is 2.87. The largest absolute Gasteiger partial charge is 0.481 e. The van der Waals surface area contributed by atoms with Gasteiger partial charge in [0.2, 0.25) is 5.91 Å². The first-order valence-electron chi connectivity index (χ1n) is 6.06. The molecular formula is C13H16N2O3. The maximum atomic E-state index is 11.9. The van der Waals surface area contributed by atoms with Crippen LogP contribution < -0.4 is 0 Å². The van der Waals surface area contributed by atoms with Gasteiger partial charge >= 0.3 is 5.97 Å². The number of hydrogen-bond donors (Lipinski definition) is 1. The molecule has 1 aliphatic rings. The van der Waals surface area contributed by atoms with E-state index in [0.717, 1.165) is 5.56 Å². The van der Waals surface area contributed by atoms with Crippen molar-refractivity contribution in [1.82, 2.24) is 9.88 Å². The van der Waals surface area contributed by atoms with Crippen LogP contribution in [-0.4, -0.2) is 40.0 Å². The van der Waals surface area contributed by atoms with Crippen molar-refractivity contribution in [2.24, 2.45) is 5.92 Å². The van der Waals surface area contributed by atoms with E-state index in [1.807, 2.05) is 12.1 Å². The third-order valence-electron chi connectivity index (χ3n) is 3.24. The van der Waals surface area contributed by atoms with E-state index in [-0.39, 0.29) is 5.91 Å². The van der Waals surface area contributed by atoms with Gasteiger partial charge in [-0.2, -0.15) is 0 Å². The number of aryl methyl sites for hydroxylation is 1. The van der Waals surface area contributed by atoms with Crippen LogP contribution in [0.2, 0.25) is 0 Å². The second-order valence-corrected chi connectivity index (χ2v) is 4.52. The molecule has 0 radical (unpaired) electrons. The predicted molar refractivity (Wildman–Crippen MR) is 64.9 cm³/mol. The minimum Gasteiger partial charge on any atom is -0.481 e. The SMILES string of the molecule is O=C(O)C1CCN(C(=O)CCc2cccnc2)C1. The average molecular weight is 248 g/mol. The number of aromatic nitrogens is 1. The lowest BCUT2D eigenvalue weighted by atomic mass is 10.1. The van der Waals surface area contributed by atoms with Crippen molar-refractivity contribution in [3.8, 4) is 0 Å². The summed E-state index contributed by atoms with van der Waals surface area (Å²) < 4.78 is 0. The van der Waals surface area contributed by atoms with E-state index in [9.17, 15) is 9.59 Å². The highest BCUT2D eigenvalue weighted by molar-refractivity contribution is 5.78. The Balaban J connectivity index is 1.81. The smallest absolute Gasteiger partial charge is 0.308 e. The second-order valence-electron chi connectivity index (χ2n) is 4.52. The van der Waals surface area contributed by atoms with Gasteiger partial charge in [0.05, 0.1) is 5.92 Å². The number of nitrogens with zero attached hydrogens (tertiary/aromatic N) is 2. The summed E-state index contributed by atoms with van der Waals surface area (Å²) in [4.78, 5) is 28.3. The summed E-state index contributed by atoms with van der Waals surface area (Å²) in [5, 5.41) is 8.87. The molecule has 0 aromatic carbocycles. The summed E-state index contributed by atoms with van der Waals surface area (Å²) in [7, 11) is 0. The van der Waals surface area contributed by atoms with Crippen molar-refractivity contribution in [3.05, 3.63) is 30.1 Å². The fourth-order valence-electron chi connectivity index (χ4n) is 2.14. The topological polar surface area (TPSA) is 70.5 Å². The number of likely N-dealkylation sites (tertiary alicyclic amines) is 1. The fourth-order valence-corrected chi connectivity index (χ4v) is 2.14. The number of aliphatic carboxylic acids is 1. The van der Waals surface area contributed by atoms with Crippen LogP contribution in [0.15, 0.2) is 24.5 Å². The number of carbonyl (C=O) groups is 2. The Morgan fingerprint density at radius 2 is 2.33 bits per heavy atom. The summed E-state index contributed by atoms with van der Waals surface area (Å²) in [5.41, 5.74) is 1.03.